The number of nitrogens with zero attached hydrogens (tertiary/aromatic N) is 3. The molecule has 0 rings (SSSR count). The van der Waals surface area contributed by atoms with Crippen LogP contribution in [0.15, 0.2) is 0 Å². The van der Waals surface area contributed by atoms with Gasteiger partial charge in [0.05, 0.1) is 27.5 Å². The van der Waals surface area contributed by atoms with E-state index in [-0.39, 0.29) is 31.8 Å². The van der Waals surface area contributed by atoms with Gasteiger partial charge in [-0.3, -0.25) is 33.9 Å². The molecule has 0 bridgehead atoms. The maximum Gasteiger partial charge on any atom is 0.320 e. The van der Waals surface area contributed by atoms with Gasteiger partial charge in [-0.15, -0.1) is 0 Å². The third-order valence-electron chi connectivity index (χ3n) is 6.67. The number of aliphatic hydroxyl groups excluding tert-OH is 1. The highest BCUT2D eigenvalue weighted by molar-refractivity contribution is 6.08. The summed E-state index contributed by atoms with van der Waals surface area (Å²) in [6.45, 7) is 11.0. The Morgan fingerprint density at radius 3 is 1.82 bits per heavy atom. The summed E-state index contributed by atoms with van der Waals surface area (Å²) in [4.78, 5) is 61.6. The molecule has 2 radical (unpaired) electrons. The second-order valence-corrected chi connectivity index (χ2v) is 10.4. The summed E-state index contributed by atoms with van der Waals surface area (Å²) in [7, 11) is 6.35. The zero-order chi connectivity index (χ0) is 35.0. The summed E-state index contributed by atoms with van der Waals surface area (Å²) in [5, 5.41) is 38.3. The quantitative estimate of drug-likeness (QED) is 0.0483. The highest BCUT2D eigenvalue weighted by atomic mass is 16.5. The number of carboxylic acid groups (broad SMARTS) is 3. The lowest BCUT2D eigenvalue weighted by atomic mass is 10.1. The molecule has 0 saturated carbocycles. The molecule has 0 spiro atoms. The van der Waals surface area contributed by atoms with Gasteiger partial charge >= 0.3 is 17.9 Å². The van der Waals surface area contributed by atoms with Gasteiger partial charge in [0.15, 0.2) is 0 Å². The van der Waals surface area contributed by atoms with Gasteiger partial charge in [-0.2, -0.15) is 0 Å². The number of hydrogen-bond donors (Lipinski definition) is 5. The Kier molecular flexibility index (Phi) is 34.1. The molecule has 15 heteroatoms. The van der Waals surface area contributed by atoms with Crippen LogP contribution in [-0.4, -0.2) is 158 Å². The number of rotatable bonds is 27. The van der Waals surface area contributed by atoms with Gasteiger partial charge in [-0.1, -0.05) is 40.4 Å². The molecule has 5 N–H and O–H groups in total. The Morgan fingerprint density at radius 1 is 0.844 bits per heavy atom. The first-order valence-electron chi connectivity index (χ1n) is 15.7. The number of aliphatic hydroxyl groups is 1. The fourth-order valence-electron chi connectivity index (χ4n) is 4.06. The number of aliphatic carboxylic acids is 3. The van der Waals surface area contributed by atoms with Crippen molar-refractivity contribution in [2.24, 2.45) is 5.92 Å². The zero-order valence-corrected chi connectivity index (χ0v) is 28.1. The Labute approximate surface area is 270 Å². The predicted molar refractivity (Wildman–Crippen MR) is 174 cm³/mol. The lowest BCUT2D eigenvalue weighted by Gasteiger charge is -2.32. The minimum Gasteiger partial charge on any atom is -0.480 e. The monoisotopic (exact) mass is 646 g/mol. The average molecular weight is 647 g/mol. The van der Waals surface area contributed by atoms with Crippen molar-refractivity contribution < 1.29 is 49.1 Å². The number of carbonyl (C=O) groups is 5. The summed E-state index contributed by atoms with van der Waals surface area (Å²) in [6.07, 6.45) is 4.59. The SMILES string of the molecule is CCC=O.CO.[B]CCOCCNC(=O)CCC(C(=O)O)N(CCC)CCN(CCN(CCC(C)CC)CC(=O)O)CC(=O)O. The van der Waals surface area contributed by atoms with E-state index in [4.69, 9.17) is 17.7 Å². The van der Waals surface area contributed by atoms with Crippen molar-refractivity contribution in [3.63, 3.8) is 0 Å². The standard InChI is InChI=1S/C26H49BN4O8.C3H6O.CH4O/c1-4-11-31(22(26(37)38)6-7-23(32)28-10-18-39-17-9-27)16-15-30(20-25(35)36)14-13-29(19-24(33)34)12-8-21(3)5-2;1-2-3-4;1-2/h21-22H,4-20H2,1-3H3,(H,28,32)(H,33,34)(H,35,36)(H,37,38);3H,2H2,1H3;2H,1H3. The Balaban J connectivity index is -0.00000270. The van der Waals surface area contributed by atoms with Gasteiger partial charge < -0.3 is 35.3 Å². The van der Waals surface area contributed by atoms with E-state index in [1.807, 2.05) is 18.7 Å². The summed E-state index contributed by atoms with van der Waals surface area (Å²) in [5.41, 5.74) is 0. The van der Waals surface area contributed by atoms with Crippen molar-refractivity contribution in [1.82, 2.24) is 20.0 Å². The van der Waals surface area contributed by atoms with Gasteiger partial charge in [-0.05, 0) is 38.3 Å². The van der Waals surface area contributed by atoms with Crippen LogP contribution in [0.3, 0.4) is 0 Å². The van der Waals surface area contributed by atoms with Gasteiger partial charge in [0.2, 0.25) is 5.91 Å². The second kappa shape index (κ2) is 32.8. The van der Waals surface area contributed by atoms with Gasteiger partial charge in [0.25, 0.3) is 0 Å². The van der Waals surface area contributed by atoms with Gasteiger partial charge in [0, 0.05) is 59.3 Å². The fraction of sp³-hybridized carbons (Fsp3) is 0.833. The molecule has 0 aromatic heterocycles. The van der Waals surface area contributed by atoms with Crippen molar-refractivity contribution in [3.05, 3.63) is 0 Å². The number of carboxylic acids is 3. The Morgan fingerprint density at radius 2 is 1.38 bits per heavy atom. The fourth-order valence-corrected chi connectivity index (χ4v) is 4.06. The van der Waals surface area contributed by atoms with Crippen LogP contribution in [0.1, 0.15) is 66.2 Å². The van der Waals surface area contributed by atoms with E-state index < -0.39 is 23.9 Å². The molecule has 0 aliphatic rings. The van der Waals surface area contributed by atoms with Crippen molar-refractivity contribution in [1.29, 1.82) is 0 Å². The minimum absolute atomic E-state index is 0.0350. The van der Waals surface area contributed by atoms with Crippen molar-refractivity contribution in [3.8, 4) is 0 Å². The van der Waals surface area contributed by atoms with Crippen molar-refractivity contribution in [2.45, 2.75) is 78.6 Å². The number of carbonyl (C=O) groups excluding carboxylic acids is 2. The topological polar surface area (TPSA) is 197 Å². The highest BCUT2D eigenvalue weighted by Gasteiger charge is 2.26. The molecule has 2 atom stereocenters. The average Bonchev–Trinajstić information content (AvgIpc) is 3.00. The number of aldehydes is 1. The molecule has 0 saturated heterocycles. The number of amides is 1. The molecule has 45 heavy (non-hydrogen) atoms. The van der Waals surface area contributed by atoms with Crippen LogP contribution in [0.4, 0.5) is 0 Å². The van der Waals surface area contributed by atoms with Crippen LogP contribution < -0.4 is 5.32 Å². The summed E-state index contributed by atoms with van der Waals surface area (Å²) in [5.74, 6) is -2.79. The lowest BCUT2D eigenvalue weighted by Crippen LogP contribution is -2.48. The molecule has 0 aromatic rings. The number of ether oxygens (including phenoxy) is 1. The summed E-state index contributed by atoms with van der Waals surface area (Å²) >= 11 is 0. The van der Waals surface area contributed by atoms with Crippen LogP contribution >= 0.6 is 0 Å². The van der Waals surface area contributed by atoms with Crippen molar-refractivity contribution in [2.75, 3.05) is 79.2 Å². The molecule has 0 fully saturated rings. The largest absolute Gasteiger partial charge is 0.480 e. The number of hydrogen-bond acceptors (Lipinski definition) is 10. The first-order valence-corrected chi connectivity index (χ1v) is 15.7. The second-order valence-electron chi connectivity index (χ2n) is 10.4. The van der Waals surface area contributed by atoms with Gasteiger partial charge in [0.1, 0.15) is 12.3 Å². The Bertz CT molecular complexity index is 779. The minimum atomic E-state index is -1.04. The Hall–Kier alpha value is -2.59. The van der Waals surface area contributed by atoms with E-state index in [2.05, 4.69) is 19.2 Å². The molecular weight excluding hydrogens is 587 g/mol. The summed E-state index contributed by atoms with van der Waals surface area (Å²) in [6, 6.07) is -0.894. The van der Waals surface area contributed by atoms with E-state index in [0.29, 0.717) is 84.1 Å². The first-order chi connectivity index (χ1) is 21.4. The van der Waals surface area contributed by atoms with Crippen molar-refractivity contribution >= 4 is 37.9 Å². The number of nitrogens with one attached hydrogen (secondary N) is 1. The maximum atomic E-state index is 12.2. The molecule has 0 aromatic carbocycles. The van der Waals surface area contributed by atoms with Crippen LogP contribution in [0.25, 0.3) is 0 Å². The lowest BCUT2D eigenvalue weighted by molar-refractivity contribution is -0.144. The third kappa shape index (κ3) is 29.9. The van der Waals surface area contributed by atoms with E-state index >= 15 is 0 Å². The molecule has 14 nitrogen and oxygen atoms in total. The molecule has 0 heterocycles. The molecule has 2 unspecified atom stereocenters. The molecular formula is C30H59BN4O10. The van der Waals surface area contributed by atoms with E-state index in [0.717, 1.165) is 26.2 Å². The maximum absolute atomic E-state index is 12.2. The van der Waals surface area contributed by atoms with Gasteiger partial charge in [-0.25, -0.2) is 0 Å². The summed E-state index contributed by atoms with van der Waals surface area (Å²) < 4.78 is 5.21. The molecule has 0 aliphatic carbocycles. The first kappa shape index (κ1) is 46.8. The van der Waals surface area contributed by atoms with Crippen LogP contribution in [0, 0.1) is 5.92 Å². The van der Waals surface area contributed by atoms with Crippen LogP contribution in [-0.2, 0) is 28.7 Å². The normalized spacial score (nSPS) is 12.0. The molecule has 262 valence electrons. The van der Waals surface area contributed by atoms with E-state index in [1.54, 1.807) is 9.80 Å². The predicted octanol–water partition coefficient (Wildman–Crippen LogP) is 1.06. The third-order valence-corrected chi connectivity index (χ3v) is 6.67. The molecule has 0 aliphatic heterocycles. The smallest absolute Gasteiger partial charge is 0.320 e. The highest BCUT2D eigenvalue weighted by Crippen LogP contribution is 2.11. The molecule has 1 amide bonds. The zero-order valence-electron chi connectivity index (χ0n) is 28.1. The van der Waals surface area contributed by atoms with Crippen LogP contribution in [0.5, 0.6) is 0 Å². The van der Waals surface area contributed by atoms with E-state index in [9.17, 15) is 39.3 Å². The van der Waals surface area contributed by atoms with Crippen LogP contribution in [0.2, 0.25) is 6.32 Å². The van der Waals surface area contributed by atoms with E-state index in [1.165, 1.54) is 0 Å².